The second-order valence-corrected chi connectivity index (χ2v) is 3.90. The summed E-state index contributed by atoms with van der Waals surface area (Å²) in [5.74, 6) is 1.68. The lowest BCUT2D eigenvalue weighted by Crippen LogP contribution is -2.25. The van der Waals surface area contributed by atoms with E-state index < -0.39 is 0 Å². The first-order valence-electron chi connectivity index (χ1n) is 5.40. The predicted octanol–water partition coefficient (Wildman–Crippen LogP) is 2.74. The summed E-state index contributed by atoms with van der Waals surface area (Å²) >= 11 is 0. The molecule has 1 unspecified atom stereocenters. The van der Waals surface area contributed by atoms with Crippen molar-refractivity contribution in [1.29, 1.82) is 0 Å². The first-order chi connectivity index (χ1) is 7.13. The third kappa shape index (κ3) is 3.88. The molecule has 15 heavy (non-hydrogen) atoms. The molecule has 0 aliphatic rings. The molecule has 0 spiro atoms. The standard InChI is InChI=1S/C12H20N2O/c1-5-6-7-9(2)13-8-12-14-10(3)11(4)15-12/h5,9,13H,1,6-8H2,2-4H3. The van der Waals surface area contributed by atoms with Crippen LogP contribution >= 0.6 is 0 Å². The van der Waals surface area contributed by atoms with E-state index in [1.165, 1.54) is 0 Å². The van der Waals surface area contributed by atoms with Crippen molar-refractivity contribution in [3.05, 3.63) is 30.0 Å². The van der Waals surface area contributed by atoms with Crippen molar-refractivity contribution in [2.75, 3.05) is 0 Å². The van der Waals surface area contributed by atoms with Crippen LogP contribution in [0.25, 0.3) is 0 Å². The molecule has 0 radical (unpaired) electrons. The van der Waals surface area contributed by atoms with E-state index in [2.05, 4.69) is 23.8 Å². The minimum atomic E-state index is 0.468. The summed E-state index contributed by atoms with van der Waals surface area (Å²) in [6.07, 6.45) is 4.08. The summed E-state index contributed by atoms with van der Waals surface area (Å²) < 4.78 is 5.48. The molecule has 0 amide bonds. The average molecular weight is 208 g/mol. The van der Waals surface area contributed by atoms with Crippen molar-refractivity contribution in [3.63, 3.8) is 0 Å². The lowest BCUT2D eigenvalue weighted by molar-refractivity contribution is 0.421. The molecule has 0 saturated carbocycles. The highest BCUT2D eigenvalue weighted by molar-refractivity contribution is 5.05. The van der Waals surface area contributed by atoms with Gasteiger partial charge in [0, 0.05) is 6.04 Å². The second kappa shape index (κ2) is 5.71. The van der Waals surface area contributed by atoms with Gasteiger partial charge in [-0.25, -0.2) is 4.98 Å². The van der Waals surface area contributed by atoms with Crippen LogP contribution in [0.2, 0.25) is 0 Å². The van der Waals surface area contributed by atoms with Gasteiger partial charge in [0.2, 0.25) is 5.89 Å². The summed E-state index contributed by atoms with van der Waals surface area (Å²) in [5.41, 5.74) is 0.977. The summed E-state index contributed by atoms with van der Waals surface area (Å²) in [5, 5.41) is 3.37. The highest BCUT2D eigenvalue weighted by atomic mass is 16.4. The Kier molecular flexibility index (Phi) is 4.56. The first-order valence-corrected chi connectivity index (χ1v) is 5.40. The normalized spacial score (nSPS) is 12.7. The quantitative estimate of drug-likeness (QED) is 0.730. The van der Waals surface area contributed by atoms with E-state index in [-0.39, 0.29) is 0 Å². The van der Waals surface area contributed by atoms with Crippen molar-refractivity contribution in [2.24, 2.45) is 0 Å². The molecule has 1 aromatic heterocycles. The van der Waals surface area contributed by atoms with Gasteiger partial charge in [-0.2, -0.15) is 0 Å². The van der Waals surface area contributed by atoms with Gasteiger partial charge in [-0.1, -0.05) is 6.08 Å². The van der Waals surface area contributed by atoms with E-state index in [4.69, 9.17) is 4.42 Å². The van der Waals surface area contributed by atoms with Gasteiger partial charge in [-0.15, -0.1) is 6.58 Å². The fourth-order valence-electron chi connectivity index (χ4n) is 1.35. The maximum Gasteiger partial charge on any atom is 0.208 e. The van der Waals surface area contributed by atoms with Gasteiger partial charge < -0.3 is 9.73 Å². The van der Waals surface area contributed by atoms with Gasteiger partial charge in [-0.3, -0.25) is 0 Å². The second-order valence-electron chi connectivity index (χ2n) is 3.90. The Balaban J connectivity index is 2.33. The predicted molar refractivity (Wildman–Crippen MR) is 61.7 cm³/mol. The van der Waals surface area contributed by atoms with Crippen molar-refractivity contribution in [2.45, 2.75) is 46.2 Å². The maximum absolute atomic E-state index is 5.48. The number of nitrogens with zero attached hydrogens (tertiary/aromatic N) is 1. The Hall–Kier alpha value is -1.09. The van der Waals surface area contributed by atoms with Crippen LogP contribution in [0.15, 0.2) is 17.1 Å². The van der Waals surface area contributed by atoms with Crippen LogP contribution in [-0.4, -0.2) is 11.0 Å². The Bertz CT molecular complexity index is 298. The van der Waals surface area contributed by atoms with Crippen LogP contribution in [-0.2, 0) is 6.54 Å². The molecule has 1 rings (SSSR count). The molecule has 1 N–H and O–H groups in total. The van der Waals surface area contributed by atoms with Crippen LogP contribution in [0.5, 0.6) is 0 Å². The number of rotatable bonds is 6. The maximum atomic E-state index is 5.48. The number of nitrogens with one attached hydrogen (secondary N) is 1. The molecule has 0 aliphatic carbocycles. The van der Waals surface area contributed by atoms with Gasteiger partial charge in [0.05, 0.1) is 12.2 Å². The lowest BCUT2D eigenvalue weighted by Gasteiger charge is -2.10. The Morgan fingerprint density at radius 3 is 2.80 bits per heavy atom. The molecule has 1 heterocycles. The third-order valence-corrected chi connectivity index (χ3v) is 2.48. The van der Waals surface area contributed by atoms with Crippen LogP contribution in [0.4, 0.5) is 0 Å². The zero-order chi connectivity index (χ0) is 11.3. The number of oxazole rings is 1. The summed E-state index contributed by atoms with van der Waals surface area (Å²) in [6.45, 7) is 10.5. The van der Waals surface area contributed by atoms with Crippen LogP contribution in [0.1, 0.15) is 37.1 Å². The monoisotopic (exact) mass is 208 g/mol. The molecule has 1 atom stereocenters. The Morgan fingerprint density at radius 2 is 2.27 bits per heavy atom. The molecule has 0 saturated heterocycles. The van der Waals surface area contributed by atoms with Crippen molar-refractivity contribution < 1.29 is 4.42 Å². The number of hydrogen-bond acceptors (Lipinski definition) is 3. The highest BCUT2D eigenvalue weighted by Crippen LogP contribution is 2.08. The first kappa shape index (κ1) is 12.0. The number of allylic oxidation sites excluding steroid dienone is 1. The molecule has 3 heteroatoms. The van der Waals surface area contributed by atoms with E-state index in [0.29, 0.717) is 12.6 Å². The van der Waals surface area contributed by atoms with E-state index in [0.717, 1.165) is 30.2 Å². The van der Waals surface area contributed by atoms with Gasteiger partial charge in [0.1, 0.15) is 5.76 Å². The zero-order valence-electron chi connectivity index (χ0n) is 9.84. The van der Waals surface area contributed by atoms with Gasteiger partial charge in [0.25, 0.3) is 0 Å². The largest absolute Gasteiger partial charge is 0.444 e. The highest BCUT2D eigenvalue weighted by Gasteiger charge is 2.06. The summed E-state index contributed by atoms with van der Waals surface area (Å²) in [7, 11) is 0. The third-order valence-electron chi connectivity index (χ3n) is 2.48. The van der Waals surface area contributed by atoms with E-state index in [1.54, 1.807) is 0 Å². The number of aryl methyl sites for hydroxylation is 2. The summed E-state index contributed by atoms with van der Waals surface area (Å²) in [6, 6.07) is 0.468. The summed E-state index contributed by atoms with van der Waals surface area (Å²) in [4.78, 5) is 4.31. The Labute approximate surface area is 91.6 Å². The SMILES string of the molecule is C=CCCC(C)NCc1nc(C)c(C)o1. The van der Waals surface area contributed by atoms with Gasteiger partial charge in [-0.05, 0) is 33.6 Å². The number of hydrogen-bond donors (Lipinski definition) is 1. The van der Waals surface area contributed by atoms with Gasteiger partial charge >= 0.3 is 0 Å². The molecule has 0 bridgehead atoms. The molecular weight excluding hydrogens is 188 g/mol. The Morgan fingerprint density at radius 1 is 1.53 bits per heavy atom. The topological polar surface area (TPSA) is 38.1 Å². The van der Waals surface area contributed by atoms with Crippen LogP contribution in [0.3, 0.4) is 0 Å². The smallest absolute Gasteiger partial charge is 0.208 e. The van der Waals surface area contributed by atoms with Gasteiger partial charge in [0.15, 0.2) is 0 Å². The van der Waals surface area contributed by atoms with E-state index in [9.17, 15) is 0 Å². The molecule has 84 valence electrons. The van der Waals surface area contributed by atoms with Crippen molar-refractivity contribution in [3.8, 4) is 0 Å². The zero-order valence-corrected chi connectivity index (χ0v) is 9.84. The minimum Gasteiger partial charge on any atom is -0.444 e. The van der Waals surface area contributed by atoms with E-state index >= 15 is 0 Å². The van der Waals surface area contributed by atoms with Crippen LogP contribution < -0.4 is 5.32 Å². The van der Waals surface area contributed by atoms with Crippen molar-refractivity contribution >= 4 is 0 Å². The minimum absolute atomic E-state index is 0.468. The van der Waals surface area contributed by atoms with Crippen LogP contribution in [0, 0.1) is 13.8 Å². The van der Waals surface area contributed by atoms with Crippen molar-refractivity contribution in [1.82, 2.24) is 10.3 Å². The molecule has 3 nitrogen and oxygen atoms in total. The molecule has 1 aromatic rings. The van der Waals surface area contributed by atoms with E-state index in [1.807, 2.05) is 19.9 Å². The molecule has 0 fully saturated rings. The molecule has 0 aromatic carbocycles. The average Bonchev–Trinajstić information content (AvgIpc) is 2.52. The molecule has 0 aliphatic heterocycles. The number of aromatic nitrogens is 1. The lowest BCUT2D eigenvalue weighted by atomic mass is 10.2. The fourth-order valence-corrected chi connectivity index (χ4v) is 1.35. The molecular formula is C12H20N2O. The fraction of sp³-hybridized carbons (Fsp3) is 0.583.